The Morgan fingerprint density at radius 1 is 1.26 bits per heavy atom. The van der Waals surface area contributed by atoms with Gasteiger partial charge in [-0.15, -0.1) is 11.8 Å². The Morgan fingerprint density at radius 2 is 2.05 bits per heavy atom. The summed E-state index contributed by atoms with van der Waals surface area (Å²) in [5.41, 5.74) is 0.0307. The van der Waals surface area contributed by atoms with Gasteiger partial charge < -0.3 is 9.84 Å². The normalized spacial score (nSPS) is 30.7. The van der Waals surface area contributed by atoms with Gasteiger partial charge >= 0.3 is 0 Å². The minimum atomic E-state index is 0.0307. The van der Waals surface area contributed by atoms with Crippen LogP contribution in [0.15, 0.2) is 35.2 Å². The second-order valence-corrected chi connectivity index (χ2v) is 6.98. The number of hydrogen-bond acceptors (Lipinski definition) is 3. The molecule has 19 heavy (non-hydrogen) atoms. The van der Waals surface area contributed by atoms with Crippen molar-refractivity contribution in [1.29, 1.82) is 0 Å². The van der Waals surface area contributed by atoms with E-state index in [4.69, 9.17) is 4.74 Å². The van der Waals surface area contributed by atoms with E-state index in [1.165, 1.54) is 17.7 Å². The SMILES string of the molecule is OCC1(CCSc2ccccc2)CCOC1C1CC1. The van der Waals surface area contributed by atoms with Crippen molar-refractivity contribution in [2.75, 3.05) is 19.0 Å². The summed E-state index contributed by atoms with van der Waals surface area (Å²) < 4.78 is 5.92. The highest BCUT2D eigenvalue weighted by Crippen LogP contribution is 2.49. The van der Waals surface area contributed by atoms with Gasteiger partial charge in [-0.25, -0.2) is 0 Å². The van der Waals surface area contributed by atoms with Crippen molar-refractivity contribution < 1.29 is 9.84 Å². The molecule has 0 bridgehead atoms. The van der Waals surface area contributed by atoms with Crippen LogP contribution in [-0.2, 0) is 4.74 Å². The average molecular weight is 278 g/mol. The number of hydrogen-bond donors (Lipinski definition) is 1. The van der Waals surface area contributed by atoms with Gasteiger partial charge in [0, 0.05) is 16.9 Å². The average Bonchev–Trinajstić information content (AvgIpc) is 3.21. The monoisotopic (exact) mass is 278 g/mol. The van der Waals surface area contributed by atoms with Crippen LogP contribution in [0.3, 0.4) is 0 Å². The molecule has 1 saturated heterocycles. The van der Waals surface area contributed by atoms with E-state index in [0.29, 0.717) is 6.10 Å². The van der Waals surface area contributed by atoms with E-state index in [1.54, 1.807) is 0 Å². The van der Waals surface area contributed by atoms with E-state index in [0.717, 1.165) is 31.1 Å². The molecule has 2 nitrogen and oxygen atoms in total. The molecule has 104 valence electrons. The lowest BCUT2D eigenvalue weighted by Crippen LogP contribution is -2.36. The zero-order valence-corrected chi connectivity index (χ0v) is 12.1. The van der Waals surface area contributed by atoms with Crippen molar-refractivity contribution >= 4 is 11.8 Å². The molecule has 2 fully saturated rings. The summed E-state index contributed by atoms with van der Waals surface area (Å²) in [6.07, 6.45) is 4.98. The Morgan fingerprint density at radius 3 is 2.74 bits per heavy atom. The van der Waals surface area contributed by atoms with Gasteiger partial charge in [-0.3, -0.25) is 0 Å². The Kier molecular flexibility index (Phi) is 4.15. The quantitative estimate of drug-likeness (QED) is 0.809. The molecule has 2 aliphatic rings. The number of rotatable bonds is 6. The second-order valence-electron chi connectivity index (χ2n) is 5.81. The van der Waals surface area contributed by atoms with Gasteiger partial charge in [0.15, 0.2) is 0 Å². The molecule has 3 heteroatoms. The molecule has 0 aromatic heterocycles. The van der Waals surface area contributed by atoms with Crippen molar-refractivity contribution in [3.63, 3.8) is 0 Å². The summed E-state index contributed by atoms with van der Waals surface area (Å²) in [6, 6.07) is 10.5. The molecule has 2 unspecified atom stereocenters. The van der Waals surface area contributed by atoms with E-state index in [-0.39, 0.29) is 12.0 Å². The summed E-state index contributed by atoms with van der Waals surface area (Å²) in [5, 5.41) is 9.87. The molecule has 0 radical (unpaired) electrons. The summed E-state index contributed by atoms with van der Waals surface area (Å²) in [7, 11) is 0. The molecule has 2 atom stereocenters. The third-order valence-corrected chi connectivity index (χ3v) is 5.49. The zero-order chi connectivity index (χ0) is 13.1. The molecule has 1 aromatic rings. The van der Waals surface area contributed by atoms with Gasteiger partial charge in [0.05, 0.1) is 12.7 Å². The van der Waals surface area contributed by atoms with Crippen molar-refractivity contribution in [2.24, 2.45) is 11.3 Å². The lowest BCUT2D eigenvalue weighted by molar-refractivity contribution is -0.000959. The molecule has 0 spiro atoms. The summed E-state index contributed by atoms with van der Waals surface area (Å²) in [5.74, 6) is 1.79. The number of benzene rings is 1. The van der Waals surface area contributed by atoms with E-state index in [2.05, 4.69) is 24.3 Å². The van der Waals surface area contributed by atoms with Crippen LogP contribution in [0.25, 0.3) is 0 Å². The van der Waals surface area contributed by atoms with Crippen LogP contribution >= 0.6 is 11.8 Å². The minimum Gasteiger partial charge on any atom is -0.396 e. The molecule has 1 aliphatic carbocycles. The maximum atomic E-state index is 9.87. The smallest absolute Gasteiger partial charge is 0.0682 e. The Balaban J connectivity index is 1.57. The third-order valence-electron chi connectivity index (χ3n) is 4.48. The highest BCUT2D eigenvalue weighted by Gasteiger charge is 2.50. The first-order valence-electron chi connectivity index (χ1n) is 7.24. The van der Waals surface area contributed by atoms with E-state index < -0.39 is 0 Å². The first-order valence-corrected chi connectivity index (χ1v) is 8.23. The van der Waals surface area contributed by atoms with Crippen LogP contribution in [-0.4, -0.2) is 30.2 Å². The standard InChI is InChI=1S/C16H22O2S/c17-12-16(8-10-18-15(16)13-6-7-13)9-11-19-14-4-2-1-3-5-14/h1-5,13,15,17H,6-12H2. The predicted octanol–water partition coefficient (Wildman–Crippen LogP) is 3.35. The molecule has 1 saturated carbocycles. The van der Waals surface area contributed by atoms with Crippen LogP contribution in [0, 0.1) is 11.3 Å². The number of aliphatic hydroxyl groups is 1. The molecule has 1 aliphatic heterocycles. The lowest BCUT2D eigenvalue weighted by atomic mass is 9.77. The fraction of sp³-hybridized carbons (Fsp3) is 0.625. The first-order chi connectivity index (χ1) is 9.34. The predicted molar refractivity (Wildman–Crippen MR) is 78.4 cm³/mol. The van der Waals surface area contributed by atoms with Crippen LogP contribution in [0.5, 0.6) is 0 Å². The highest BCUT2D eigenvalue weighted by molar-refractivity contribution is 7.99. The molecular weight excluding hydrogens is 256 g/mol. The molecule has 1 N–H and O–H groups in total. The van der Waals surface area contributed by atoms with Crippen molar-refractivity contribution in [2.45, 2.75) is 36.7 Å². The van der Waals surface area contributed by atoms with Gasteiger partial charge in [-0.05, 0) is 49.5 Å². The lowest BCUT2D eigenvalue weighted by Gasteiger charge is -2.32. The van der Waals surface area contributed by atoms with Crippen molar-refractivity contribution in [3.05, 3.63) is 30.3 Å². The fourth-order valence-electron chi connectivity index (χ4n) is 3.15. The summed E-state index contributed by atoms with van der Waals surface area (Å²) >= 11 is 1.89. The Bertz CT molecular complexity index is 404. The minimum absolute atomic E-state index is 0.0307. The largest absolute Gasteiger partial charge is 0.396 e. The topological polar surface area (TPSA) is 29.5 Å². The number of ether oxygens (including phenoxy) is 1. The van der Waals surface area contributed by atoms with Crippen LogP contribution in [0.4, 0.5) is 0 Å². The molecule has 1 aromatic carbocycles. The maximum Gasteiger partial charge on any atom is 0.0682 e. The van der Waals surface area contributed by atoms with Crippen LogP contribution in [0.1, 0.15) is 25.7 Å². The molecular formula is C16H22O2S. The van der Waals surface area contributed by atoms with Gasteiger partial charge in [0.25, 0.3) is 0 Å². The molecule has 3 rings (SSSR count). The third kappa shape index (κ3) is 2.99. The molecule has 0 amide bonds. The van der Waals surface area contributed by atoms with E-state index >= 15 is 0 Å². The van der Waals surface area contributed by atoms with E-state index in [9.17, 15) is 5.11 Å². The highest BCUT2D eigenvalue weighted by atomic mass is 32.2. The number of aliphatic hydroxyl groups excluding tert-OH is 1. The van der Waals surface area contributed by atoms with Gasteiger partial charge in [0.2, 0.25) is 0 Å². The van der Waals surface area contributed by atoms with E-state index in [1.807, 2.05) is 17.8 Å². The summed E-state index contributed by atoms with van der Waals surface area (Å²) in [4.78, 5) is 1.32. The zero-order valence-electron chi connectivity index (χ0n) is 11.3. The Hall–Kier alpha value is -0.510. The number of thioether (sulfide) groups is 1. The molecule has 1 heterocycles. The van der Waals surface area contributed by atoms with Crippen molar-refractivity contribution in [3.8, 4) is 0 Å². The van der Waals surface area contributed by atoms with Crippen LogP contribution in [0.2, 0.25) is 0 Å². The first kappa shape index (κ1) is 13.5. The van der Waals surface area contributed by atoms with Gasteiger partial charge in [-0.1, -0.05) is 18.2 Å². The van der Waals surface area contributed by atoms with Gasteiger partial charge in [-0.2, -0.15) is 0 Å². The Labute approximate surface area is 119 Å². The van der Waals surface area contributed by atoms with Crippen molar-refractivity contribution in [1.82, 2.24) is 0 Å². The fourth-order valence-corrected chi connectivity index (χ4v) is 4.24. The second kappa shape index (κ2) is 5.86. The summed E-state index contributed by atoms with van der Waals surface area (Å²) in [6.45, 7) is 1.11. The maximum absolute atomic E-state index is 9.87. The van der Waals surface area contributed by atoms with Gasteiger partial charge in [0.1, 0.15) is 0 Å². The van der Waals surface area contributed by atoms with Crippen LogP contribution < -0.4 is 0 Å².